The van der Waals surface area contributed by atoms with Crippen molar-refractivity contribution < 1.29 is 0 Å². The van der Waals surface area contributed by atoms with Crippen LogP contribution in [-0.4, -0.2) is 10.2 Å². The van der Waals surface area contributed by atoms with Crippen LogP contribution in [0.25, 0.3) is 0 Å². The fraction of sp³-hybridized carbons (Fsp3) is 0. The third kappa shape index (κ3) is 1.80. The van der Waals surface area contributed by atoms with Gasteiger partial charge in [-0.1, -0.05) is 11.6 Å². The van der Waals surface area contributed by atoms with Gasteiger partial charge in [-0.25, -0.2) is 0 Å². The van der Waals surface area contributed by atoms with Gasteiger partial charge in [0.25, 0.3) is 0 Å². The van der Waals surface area contributed by atoms with E-state index in [0.717, 1.165) is 0 Å². The van der Waals surface area contributed by atoms with Crippen molar-refractivity contribution >= 4 is 24.0 Å². The molecule has 1 aromatic rings. The maximum absolute atomic E-state index is 5.34. The number of hydrogen-bond acceptors (Lipinski definition) is 1. The zero-order valence-corrected chi connectivity index (χ0v) is 4.96. The maximum atomic E-state index is 5.34. The standard InChI is InChI=1S/C3H3ClN2.ClH/c4-3-1-2-5-6-3;/h1-2H,(H,5,6);1H. The Bertz CT molecular complexity index is 114. The number of rotatable bonds is 0. The summed E-state index contributed by atoms with van der Waals surface area (Å²) in [5, 5.41) is 6.66. The van der Waals surface area contributed by atoms with Crippen LogP contribution < -0.4 is 0 Å². The molecule has 1 rings (SSSR count). The monoisotopic (exact) mass is 138 g/mol. The van der Waals surface area contributed by atoms with E-state index in [2.05, 4.69) is 10.2 Å². The Morgan fingerprint density at radius 2 is 2.43 bits per heavy atom. The molecule has 1 N–H and O–H groups in total. The van der Waals surface area contributed by atoms with E-state index >= 15 is 0 Å². The quantitative estimate of drug-likeness (QED) is 0.579. The third-order valence-electron chi connectivity index (χ3n) is 0.467. The number of nitrogens with zero attached hydrogens (tertiary/aromatic N) is 1. The number of nitrogens with one attached hydrogen (secondary N) is 1. The van der Waals surface area contributed by atoms with E-state index < -0.39 is 0 Å². The topological polar surface area (TPSA) is 28.7 Å². The van der Waals surface area contributed by atoms with Crippen molar-refractivity contribution in [3.05, 3.63) is 17.4 Å². The Hall–Kier alpha value is -0.210. The number of halogens is 2. The predicted molar refractivity (Wildman–Crippen MR) is 30.8 cm³/mol. The van der Waals surface area contributed by atoms with Crippen molar-refractivity contribution in [1.82, 2.24) is 10.2 Å². The van der Waals surface area contributed by atoms with Crippen LogP contribution in [0.2, 0.25) is 5.15 Å². The fourth-order valence-corrected chi connectivity index (χ4v) is 0.344. The Balaban J connectivity index is 0.000000360. The van der Waals surface area contributed by atoms with E-state index in [-0.39, 0.29) is 12.4 Å². The molecule has 0 bridgehead atoms. The first-order valence-corrected chi connectivity index (χ1v) is 1.92. The van der Waals surface area contributed by atoms with Crippen LogP contribution in [0.3, 0.4) is 0 Å². The lowest BCUT2D eigenvalue weighted by Crippen LogP contribution is -1.58. The van der Waals surface area contributed by atoms with Gasteiger partial charge in [-0.05, 0) is 6.07 Å². The smallest absolute Gasteiger partial charge is 0.124 e. The lowest BCUT2D eigenvalue weighted by molar-refractivity contribution is 1.09. The van der Waals surface area contributed by atoms with Gasteiger partial charge in [0, 0.05) is 0 Å². The minimum absolute atomic E-state index is 0. The zero-order valence-electron chi connectivity index (χ0n) is 3.39. The van der Waals surface area contributed by atoms with Gasteiger partial charge in [0.15, 0.2) is 0 Å². The van der Waals surface area contributed by atoms with Crippen LogP contribution in [0.15, 0.2) is 12.3 Å². The molecular weight excluding hydrogens is 135 g/mol. The van der Waals surface area contributed by atoms with Crippen LogP contribution >= 0.6 is 24.0 Å². The minimum atomic E-state index is 0. The van der Waals surface area contributed by atoms with Crippen LogP contribution in [0, 0.1) is 0 Å². The lowest BCUT2D eigenvalue weighted by atomic mass is 10.8. The summed E-state index contributed by atoms with van der Waals surface area (Å²) in [6.07, 6.45) is 1.60. The summed E-state index contributed by atoms with van der Waals surface area (Å²) < 4.78 is 0. The Labute approximate surface area is 52.3 Å². The molecule has 0 aliphatic carbocycles. The molecule has 0 aliphatic rings. The summed E-state index contributed by atoms with van der Waals surface area (Å²) in [6.45, 7) is 0. The average Bonchev–Trinajstić information content (AvgIpc) is 1.86. The average molecular weight is 139 g/mol. The minimum Gasteiger partial charge on any atom is -0.267 e. The van der Waals surface area contributed by atoms with Crippen molar-refractivity contribution in [3.63, 3.8) is 0 Å². The van der Waals surface area contributed by atoms with Crippen LogP contribution in [-0.2, 0) is 0 Å². The molecule has 2 nitrogen and oxygen atoms in total. The number of aromatic amines is 1. The van der Waals surface area contributed by atoms with E-state index in [9.17, 15) is 0 Å². The normalized spacial score (nSPS) is 7.57. The van der Waals surface area contributed by atoms with Gasteiger partial charge < -0.3 is 0 Å². The Morgan fingerprint density at radius 1 is 1.71 bits per heavy atom. The van der Waals surface area contributed by atoms with Crippen LogP contribution in [0.1, 0.15) is 0 Å². The molecule has 0 unspecified atom stereocenters. The fourth-order valence-electron chi connectivity index (χ4n) is 0.239. The summed E-state index contributed by atoms with van der Waals surface area (Å²) in [4.78, 5) is 0. The van der Waals surface area contributed by atoms with Crippen molar-refractivity contribution in [2.75, 3.05) is 0 Å². The summed E-state index contributed by atoms with van der Waals surface area (Å²) in [6, 6.07) is 1.68. The van der Waals surface area contributed by atoms with Gasteiger partial charge in [0.05, 0.1) is 6.20 Å². The largest absolute Gasteiger partial charge is 0.267 e. The first kappa shape index (κ1) is 6.79. The first-order chi connectivity index (χ1) is 2.89. The van der Waals surface area contributed by atoms with Gasteiger partial charge in [0.2, 0.25) is 0 Å². The summed E-state index contributed by atoms with van der Waals surface area (Å²) >= 11 is 5.34. The molecule has 1 heterocycles. The SMILES string of the molecule is Cl.Clc1ccn[nH]1. The lowest BCUT2D eigenvalue weighted by Gasteiger charge is -1.64. The van der Waals surface area contributed by atoms with Crippen molar-refractivity contribution in [1.29, 1.82) is 0 Å². The molecule has 7 heavy (non-hydrogen) atoms. The van der Waals surface area contributed by atoms with E-state index in [4.69, 9.17) is 11.6 Å². The molecule has 0 atom stereocenters. The molecule has 1 aromatic heterocycles. The second-order valence-electron chi connectivity index (χ2n) is 0.905. The summed E-state index contributed by atoms with van der Waals surface area (Å²) in [7, 11) is 0. The molecule has 0 saturated heterocycles. The highest BCUT2D eigenvalue weighted by Gasteiger charge is 1.77. The second-order valence-corrected chi connectivity index (χ2v) is 1.31. The third-order valence-corrected chi connectivity index (χ3v) is 0.677. The highest BCUT2D eigenvalue weighted by molar-refractivity contribution is 6.29. The van der Waals surface area contributed by atoms with Gasteiger partial charge in [-0.2, -0.15) is 5.10 Å². The molecule has 0 spiro atoms. The first-order valence-electron chi connectivity index (χ1n) is 1.54. The molecule has 0 aromatic carbocycles. The van der Waals surface area contributed by atoms with Gasteiger partial charge in [-0.15, -0.1) is 12.4 Å². The molecular formula is C3H4Cl2N2. The number of H-pyrrole nitrogens is 1. The number of hydrogen-bond donors (Lipinski definition) is 1. The predicted octanol–water partition coefficient (Wildman–Crippen LogP) is 1.48. The van der Waals surface area contributed by atoms with Crippen LogP contribution in [0.5, 0.6) is 0 Å². The maximum Gasteiger partial charge on any atom is 0.124 e. The molecule has 4 heteroatoms. The molecule has 0 radical (unpaired) electrons. The van der Waals surface area contributed by atoms with Gasteiger partial charge >= 0.3 is 0 Å². The molecule has 0 fully saturated rings. The number of aromatic nitrogens is 2. The molecule has 0 aliphatic heterocycles. The van der Waals surface area contributed by atoms with Crippen molar-refractivity contribution in [3.8, 4) is 0 Å². The Kier molecular flexibility index (Phi) is 2.79. The highest BCUT2D eigenvalue weighted by atomic mass is 35.5. The van der Waals surface area contributed by atoms with Crippen LogP contribution in [0.4, 0.5) is 0 Å². The van der Waals surface area contributed by atoms with E-state index in [0.29, 0.717) is 5.15 Å². The van der Waals surface area contributed by atoms with E-state index in [1.165, 1.54) is 0 Å². The van der Waals surface area contributed by atoms with Crippen molar-refractivity contribution in [2.45, 2.75) is 0 Å². The van der Waals surface area contributed by atoms with Gasteiger partial charge in [0.1, 0.15) is 5.15 Å². The highest BCUT2D eigenvalue weighted by Crippen LogP contribution is 1.96. The summed E-state index contributed by atoms with van der Waals surface area (Å²) in [5.41, 5.74) is 0. The van der Waals surface area contributed by atoms with E-state index in [1.54, 1.807) is 12.3 Å². The van der Waals surface area contributed by atoms with Crippen molar-refractivity contribution in [2.24, 2.45) is 0 Å². The molecule has 0 saturated carbocycles. The van der Waals surface area contributed by atoms with E-state index in [1.807, 2.05) is 0 Å². The molecule has 0 amide bonds. The molecule has 40 valence electrons. The second kappa shape index (κ2) is 2.88. The summed E-state index contributed by atoms with van der Waals surface area (Å²) in [5.74, 6) is 0. The Morgan fingerprint density at radius 3 is 2.57 bits per heavy atom. The van der Waals surface area contributed by atoms with Gasteiger partial charge in [-0.3, -0.25) is 5.10 Å². The zero-order chi connectivity index (χ0) is 4.41.